The summed E-state index contributed by atoms with van der Waals surface area (Å²) in [6.45, 7) is 1.76. The molecule has 12 heteroatoms. The summed E-state index contributed by atoms with van der Waals surface area (Å²) in [6.07, 6.45) is 1.00. The van der Waals surface area contributed by atoms with Gasteiger partial charge < -0.3 is 19.5 Å². The fourth-order valence-electron chi connectivity index (χ4n) is 3.61. The zero-order valence-corrected chi connectivity index (χ0v) is 20.0. The van der Waals surface area contributed by atoms with Crippen molar-refractivity contribution in [1.82, 2.24) is 9.88 Å². The Balaban J connectivity index is 2.09. The van der Waals surface area contributed by atoms with E-state index in [9.17, 15) is 22.8 Å². The van der Waals surface area contributed by atoms with E-state index in [2.05, 4.69) is 10.3 Å². The Morgan fingerprint density at radius 2 is 1.88 bits per heavy atom. The Morgan fingerprint density at radius 1 is 1.15 bits per heavy atom. The number of anilines is 1. The van der Waals surface area contributed by atoms with Crippen molar-refractivity contribution in [3.05, 3.63) is 47.2 Å². The average molecular weight is 492 g/mol. The summed E-state index contributed by atoms with van der Waals surface area (Å²) in [5, 5.41) is 2.55. The van der Waals surface area contributed by atoms with E-state index in [1.807, 2.05) is 0 Å². The topological polar surface area (TPSA) is 141 Å². The lowest BCUT2D eigenvalue weighted by Gasteiger charge is -2.26. The number of aromatic nitrogens is 1. The van der Waals surface area contributed by atoms with Crippen molar-refractivity contribution in [2.75, 3.05) is 44.8 Å². The molecule has 3 rings (SSSR count). The average Bonchev–Trinajstić information content (AvgIpc) is 3.03. The van der Waals surface area contributed by atoms with E-state index in [1.165, 1.54) is 44.6 Å². The lowest BCUT2D eigenvalue weighted by molar-refractivity contribution is -0.119. The van der Waals surface area contributed by atoms with Gasteiger partial charge in [0.05, 0.1) is 48.0 Å². The Bertz CT molecular complexity index is 1230. The molecule has 1 unspecified atom stereocenters. The Labute approximate surface area is 196 Å². The lowest BCUT2D eigenvalue weighted by Crippen LogP contribution is -2.38. The lowest BCUT2D eigenvalue weighted by atomic mass is 10.1. The number of amides is 3. The summed E-state index contributed by atoms with van der Waals surface area (Å²) < 4.78 is 40.0. The Hall–Kier alpha value is -3.51. The fourth-order valence-corrected chi connectivity index (χ4v) is 4.50. The minimum Gasteiger partial charge on any atom is -0.491 e. The third-order valence-electron chi connectivity index (χ3n) is 4.96. The number of carbonyl (C=O) groups excluding carboxylic acids is 3. The van der Waals surface area contributed by atoms with Crippen LogP contribution in [0.2, 0.25) is 0 Å². The maximum Gasteiger partial charge on any atom is 0.264 e. The van der Waals surface area contributed by atoms with Crippen molar-refractivity contribution in [2.24, 2.45) is 0 Å². The van der Waals surface area contributed by atoms with Crippen LogP contribution in [0.4, 0.5) is 5.69 Å². The van der Waals surface area contributed by atoms with Gasteiger partial charge in [0.15, 0.2) is 5.75 Å². The zero-order chi connectivity index (χ0) is 25.0. The fraction of sp³-hybridized carbons (Fsp3) is 0.364. The first-order chi connectivity index (χ1) is 16.1. The van der Waals surface area contributed by atoms with Gasteiger partial charge in [-0.1, -0.05) is 6.07 Å². The smallest absolute Gasteiger partial charge is 0.264 e. The van der Waals surface area contributed by atoms with Gasteiger partial charge >= 0.3 is 0 Å². The predicted octanol–water partition coefficient (Wildman–Crippen LogP) is 1.46. The highest BCUT2D eigenvalue weighted by Gasteiger charge is 2.44. The summed E-state index contributed by atoms with van der Waals surface area (Å²) in [6, 6.07) is 6.19. The molecule has 11 nitrogen and oxygen atoms in total. The third-order valence-corrected chi connectivity index (χ3v) is 5.88. The standard InChI is InChI=1S/C22H25N3O8S/c1-5-33-20-17(32-3)10-9-14(24-20)16(12-34(4,29)30)25-21(27)13-7-6-8-15(19(13)22(25)28)23-18(26)11-31-2/h6-10,16H,5,11-12H2,1-4H3,(H,23,26). The van der Waals surface area contributed by atoms with E-state index in [1.54, 1.807) is 6.92 Å². The maximum atomic E-state index is 13.4. The molecule has 0 spiro atoms. The highest BCUT2D eigenvalue weighted by molar-refractivity contribution is 7.90. The number of hydrogen-bond donors (Lipinski definition) is 1. The molecule has 1 N–H and O–H groups in total. The normalized spacial score (nSPS) is 14.1. The monoisotopic (exact) mass is 491 g/mol. The molecular formula is C22H25N3O8S. The Kier molecular flexibility index (Phi) is 7.52. The van der Waals surface area contributed by atoms with E-state index >= 15 is 0 Å². The van der Waals surface area contributed by atoms with Crippen molar-refractivity contribution in [2.45, 2.75) is 13.0 Å². The molecule has 1 aromatic carbocycles. The highest BCUT2D eigenvalue weighted by Crippen LogP contribution is 2.37. The van der Waals surface area contributed by atoms with Crippen LogP contribution in [0.25, 0.3) is 0 Å². The quantitative estimate of drug-likeness (QED) is 0.489. The van der Waals surface area contributed by atoms with Crippen LogP contribution in [-0.4, -0.2) is 75.5 Å². The van der Waals surface area contributed by atoms with E-state index in [-0.39, 0.29) is 41.6 Å². The van der Waals surface area contributed by atoms with Crippen molar-refractivity contribution in [3.8, 4) is 11.6 Å². The van der Waals surface area contributed by atoms with E-state index in [4.69, 9.17) is 14.2 Å². The number of methoxy groups -OCH3 is 2. The van der Waals surface area contributed by atoms with Gasteiger partial charge in [-0.3, -0.25) is 19.3 Å². The highest BCUT2D eigenvalue weighted by atomic mass is 32.2. The molecule has 2 aromatic rings. The Morgan fingerprint density at radius 3 is 2.50 bits per heavy atom. The van der Waals surface area contributed by atoms with Crippen molar-refractivity contribution in [1.29, 1.82) is 0 Å². The maximum absolute atomic E-state index is 13.4. The second-order valence-electron chi connectivity index (χ2n) is 7.47. The van der Waals surface area contributed by atoms with Crippen LogP contribution in [0, 0.1) is 0 Å². The van der Waals surface area contributed by atoms with Crippen LogP contribution >= 0.6 is 0 Å². The summed E-state index contributed by atoms with van der Waals surface area (Å²) in [5.74, 6) is -2.11. The summed E-state index contributed by atoms with van der Waals surface area (Å²) in [4.78, 5) is 44.0. The SMILES string of the molecule is CCOc1nc(C(CS(C)(=O)=O)N2C(=O)c3cccc(NC(=O)COC)c3C2=O)ccc1OC. The molecule has 0 saturated heterocycles. The third kappa shape index (κ3) is 5.18. The van der Waals surface area contributed by atoms with E-state index in [0.717, 1.165) is 11.2 Å². The number of nitrogens with one attached hydrogen (secondary N) is 1. The molecule has 0 radical (unpaired) electrons. The van der Waals surface area contributed by atoms with Crippen LogP contribution in [0.15, 0.2) is 30.3 Å². The van der Waals surface area contributed by atoms with Gasteiger partial charge in [-0.2, -0.15) is 0 Å². The number of nitrogens with zero attached hydrogens (tertiary/aromatic N) is 2. The molecule has 0 aliphatic carbocycles. The molecule has 0 bridgehead atoms. The first-order valence-electron chi connectivity index (χ1n) is 10.3. The van der Waals surface area contributed by atoms with Crippen LogP contribution in [-0.2, 0) is 19.4 Å². The van der Waals surface area contributed by atoms with Crippen LogP contribution in [0.3, 0.4) is 0 Å². The van der Waals surface area contributed by atoms with Gasteiger partial charge in [0.1, 0.15) is 16.4 Å². The van der Waals surface area contributed by atoms with Gasteiger partial charge in [0.2, 0.25) is 5.91 Å². The predicted molar refractivity (Wildman–Crippen MR) is 122 cm³/mol. The van der Waals surface area contributed by atoms with Gasteiger partial charge in [-0.25, -0.2) is 13.4 Å². The number of carbonyl (C=O) groups is 3. The van der Waals surface area contributed by atoms with Crippen LogP contribution in [0.1, 0.15) is 39.4 Å². The molecule has 1 aliphatic heterocycles. The van der Waals surface area contributed by atoms with E-state index in [0.29, 0.717) is 5.75 Å². The largest absolute Gasteiger partial charge is 0.491 e. The summed E-state index contributed by atoms with van der Waals surface area (Å²) in [7, 11) is -0.891. The molecule has 1 atom stereocenters. The minimum absolute atomic E-state index is 0.0333. The van der Waals surface area contributed by atoms with Gasteiger partial charge in [-0.05, 0) is 31.2 Å². The second kappa shape index (κ2) is 10.2. The minimum atomic E-state index is -3.66. The molecule has 182 valence electrons. The zero-order valence-electron chi connectivity index (χ0n) is 19.2. The molecule has 3 amide bonds. The molecule has 0 saturated carbocycles. The number of imide groups is 1. The van der Waals surface area contributed by atoms with Gasteiger partial charge in [-0.15, -0.1) is 0 Å². The van der Waals surface area contributed by atoms with Crippen molar-refractivity contribution >= 4 is 33.2 Å². The summed E-state index contributed by atoms with van der Waals surface area (Å²) in [5.41, 5.74) is 0.261. The summed E-state index contributed by atoms with van der Waals surface area (Å²) >= 11 is 0. The van der Waals surface area contributed by atoms with Crippen LogP contribution in [0.5, 0.6) is 11.6 Å². The molecule has 2 heterocycles. The van der Waals surface area contributed by atoms with Gasteiger partial charge in [0.25, 0.3) is 17.7 Å². The number of fused-ring (bicyclic) bond motifs is 1. The molecule has 34 heavy (non-hydrogen) atoms. The van der Waals surface area contributed by atoms with Crippen molar-refractivity contribution in [3.63, 3.8) is 0 Å². The number of hydrogen-bond acceptors (Lipinski definition) is 9. The molecule has 1 aromatic heterocycles. The van der Waals surface area contributed by atoms with Crippen molar-refractivity contribution < 1.29 is 37.0 Å². The first-order valence-corrected chi connectivity index (χ1v) is 12.3. The molecule has 1 aliphatic rings. The second-order valence-corrected chi connectivity index (χ2v) is 9.66. The number of rotatable bonds is 10. The van der Waals surface area contributed by atoms with E-state index < -0.39 is 39.4 Å². The number of benzene rings is 1. The number of pyridine rings is 1. The first kappa shape index (κ1) is 25.1. The molecule has 0 fully saturated rings. The molecular weight excluding hydrogens is 466 g/mol. The van der Waals surface area contributed by atoms with Gasteiger partial charge in [0, 0.05) is 13.4 Å². The van der Waals surface area contributed by atoms with Crippen LogP contribution < -0.4 is 14.8 Å². The number of ether oxygens (including phenoxy) is 3. The number of sulfone groups is 1.